The minimum absolute atomic E-state index is 0.250. The lowest BCUT2D eigenvalue weighted by Gasteiger charge is -2.39. The Bertz CT molecular complexity index is 522. The van der Waals surface area contributed by atoms with Crippen molar-refractivity contribution < 1.29 is 0 Å². The molecule has 0 aliphatic carbocycles. The maximum Gasteiger partial charge on any atom is 0.223 e. The van der Waals surface area contributed by atoms with Crippen LogP contribution in [0.25, 0.3) is 0 Å². The summed E-state index contributed by atoms with van der Waals surface area (Å²) in [6, 6.07) is 0.488. The highest BCUT2D eigenvalue weighted by Gasteiger charge is 2.25. The average Bonchev–Trinajstić information content (AvgIpc) is 2.39. The van der Waals surface area contributed by atoms with E-state index in [4.69, 9.17) is 11.5 Å². The number of nitrogens with two attached hydrogens (primary N) is 2. The Balaban J connectivity index is 2.29. The first kappa shape index (κ1) is 16.8. The van der Waals surface area contributed by atoms with Gasteiger partial charge in [-0.2, -0.15) is 9.97 Å². The van der Waals surface area contributed by atoms with Gasteiger partial charge in [0.2, 0.25) is 5.95 Å². The van der Waals surface area contributed by atoms with Gasteiger partial charge in [0, 0.05) is 31.2 Å². The summed E-state index contributed by atoms with van der Waals surface area (Å²) in [5, 5.41) is 0. The van der Waals surface area contributed by atoms with E-state index in [1.54, 1.807) is 0 Å². The Morgan fingerprint density at radius 2 is 1.86 bits per heavy atom. The van der Waals surface area contributed by atoms with Gasteiger partial charge in [-0.3, -0.25) is 0 Å². The summed E-state index contributed by atoms with van der Waals surface area (Å²) in [6.07, 6.45) is 1.92. The molecule has 0 radical (unpaired) electrons. The van der Waals surface area contributed by atoms with Crippen molar-refractivity contribution in [2.24, 2.45) is 5.41 Å². The van der Waals surface area contributed by atoms with Crippen molar-refractivity contribution in [3.8, 4) is 0 Å². The molecule has 6 heteroatoms. The van der Waals surface area contributed by atoms with Crippen molar-refractivity contribution in [1.29, 1.82) is 0 Å². The van der Waals surface area contributed by atoms with Crippen LogP contribution in [0.15, 0.2) is 0 Å². The second kappa shape index (κ2) is 6.28. The Labute approximate surface area is 133 Å². The maximum atomic E-state index is 6.15. The summed E-state index contributed by atoms with van der Waals surface area (Å²) in [5.74, 6) is 1.71. The van der Waals surface area contributed by atoms with Crippen LogP contribution >= 0.6 is 0 Å². The molecule has 4 N–H and O–H groups in total. The van der Waals surface area contributed by atoms with E-state index >= 15 is 0 Å². The van der Waals surface area contributed by atoms with Crippen molar-refractivity contribution in [2.75, 3.05) is 43.0 Å². The third kappa shape index (κ3) is 4.00. The molecule has 1 aliphatic heterocycles. The molecule has 1 aromatic rings. The van der Waals surface area contributed by atoms with Crippen molar-refractivity contribution >= 4 is 17.6 Å². The molecule has 0 spiro atoms. The van der Waals surface area contributed by atoms with Crippen LogP contribution in [0.5, 0.6) is 0 Å². The second-order valence-electron chi connectivity index (χ2n) is 7.61. The molecule has 0 amide bonds. The van der Waals surface area contributed by atoms with E-state index in [0.29, 0.717) is 11.9 Å². The topological polar surface area (TPSA) is 84.3 Å². The first-order chi connectivity index (χ1) is 10.2. The first-order valence-corrected chi connectivity index (χ1v) is 8.04. The quantitative estimate of drug-likeness (QED) is 0.885. The van der Waals surface area contributed by atoms with Crippen LogP contribution in [-0.4, -0.2) is 47.6 Å². The first-order valence-electron chi connectivity index (χ1n) is 8.04. The third-order valence-electron chi connectivity index (χ3n) is 4.42. The Hall–Kier alpha value is -1.56. The molecule has 0 aromatic carbocycles. The number of hydrogen-bond acceptors (Lipinski definition) is 6. The van der Waals surface area contributed by atoms with Gasteiger partial charge in [0.25, 0.3) is 0 Å². The zero-order valence-electron chi connectivity index (χ0n) is 14.6. The summed E-state index contributed by atoms with van der Waals surface area (Å²) in [6.45, 7) is 11.8. The van der Waals surface area contributed by atoms with Gasteiger partial charge in [0.05, 0.1) is 0 Å². The Morgan fingerprint density at radius 1 is 1.18 bits per heavy atom. The van der Waals surface area contributed by atoms with Crippen LogP contribution in [-0.2, 0) is 6.42 Å². The van der Waals surface area contributed by atoms with E-state index < -0.39 is 0 Å². The van der Waals surface area contributed by atoms with Crippen molar-refractivity contribution in [2.45, 2.75) is 46.6 Å². The molecule has 1 atom stereocenters. The van der Waals surface area contributed by atoms with Crippen LogP contribution < -0.4 is 16.4 Å². The van der Waals surface area contributed by atoms with Gasteiger partial charge in [-0.15, -0.1) is 0 Å². The Morgan fingerprint density at radius 3 is 2.45 bits per heavy atom. The summed E-state index contributed by atoms with van der Waals surface area (Å²) in [4.78, 5) is 13.3. The SMILES string of the molecule is C[C@@H]1CN(c2nc(N)nc(N)c2CCC(C)(C)C)CCN1C. The van der Waals surface area contributed by atoms with E-state index in [0.717, 1.165) is 43.9 Å². The highest BCUT2D eigenvalue weighted by Crippen LogP contribution is 2.30. The molecule has 1 saturated heterocycles. The highest BCUT2D eigenvalue weighted by molar-refractivity contribution is 5.60. The van der Waals surface area contributed by atoms with Gasteiger partial charge < -0.3 is 21.3 Å². The number of likely N-dealkylation sites (N-methyl/N-ethyl adjacent to an activating group) is 1. The molecule has 2 rings (SSSR count). The van der Waals surface area contributed by atoms with Gasteiger partial charge in [0.15, 0.2) is 0 Å². The van der Waals surface area contributed by atoms with Gasteiger partial charge in [-0.1, -0.05) is 20.8 Å². The molecule has 1 aromatic heterocycles. The summed E-state index contributed by atoms with van der Waals surface area (Å²) in [7, 11) is 2.16. The summed E-state index contributed by atoms with van der Waals surface area (Å²) >= 11 is 0. The van der Waals surface area contributed by atoms with Crippen molar-refractivity contribution in [3.63, 3.8) is 0 Å². The molecule has 6 nitrogen and oxygen atoms in total. The van der Waals surface area contributed by atoms with Gasteiger partial charge in [-0.25, -0.2) is 0 Å². The Kier molecular flexibility index (Phi) is 4.80. The van der Waals surface area contributed by atoms with E-state index in [1.165, 1.54) is 0 Å². The number of rotatable bonds is 3. The molecule has 0 bridgehead atoms. The van der Waals surface area contributed by atoms with Crippen molar-refractivity contribution in [3.05, 3.63) is 5.56 Å². The molecular weight excluding hydrogens is 276 g/mol. The van der Waals surface area contributed by atoms with Gasteiger partial charge in [-0.05, 0) is 32.2 Å². The zero-order chi connectivity index (χ0) is 16.5. The number of anilines is 3. The molecule has 1 aliphatic rings. The molecule has 0 unspecified atom stereocenters. The summed E-state index contributed by atoms with van der Waals surface area (Å²) < 4.78 is 0. The number of piperazine rings is 1. The standard InChI is InChI=1S/C16H30N6/c1-11-10-22(9-8-21(11)5)14-12(6-7-16(2,3)4)13(17)19-15(18)20-14/h11H,6-10H2,1-5H3,(H4,17,18,19,20)/t11-/m1/s1. The lowest BCUT2D eigenvalue weighted by atomic mass is 9.88. The van der Waals surface area contributed by atoms with E-state index in [2.05, 4.69) is 54.5 Å². The fourth-order valence-electron chi connectivity index (χ4n) is 2.75. The largest absolute Gasteiger partial charge is 0.383 e. The minimum Gasteiger partial charge on any atom is -0.383 e. The van der Waals surface area contributed by atoms with Crippen LogP contribution in [0, 0.1) is 5.41 Å². The van der Waals surface area contributed by atoms with E-state index in [1.807, 2.05) is 0 Å². The number of aromatic nitrogens is 2. The lowest BCUT2D eigenvalue weighted by Crippen LogP contribution is -2.50. The fraction of sp³-hybridized carbons (Fsp3) is 0.750. The van der Waals surface area contributed by atoms with E-state index in [9.17, 15) is 0 Å². The molecular formula is C16H30N6. The van der Waals surface area contributed by atoms with Crippen LogP contribution in [0.1, 0.15) is 39.7 Å². The molecule has 2 heterocycles. The second-order valence-corrected chi connectivity index (χ2v) is 7.61. The number of hydrogen-bond donors (Lipinski definition) is 2. The summed E-state index contributed by atoms with van der Waals surface area (Å²) in [5.41, 5.74) is 13.3. The van der Waals surface area contributed by atoms with Crippen LogP contribution in [0.2, 0.25) is 0 Å². The number of nitrogen functional groups attached to an aromatic ring is 2. The molecule has 22 heavy (non-hydrogen) atoms. The van der Waals surface area contributed by atoms with Gasteiger partial charge in [0.1, 0.15) is 11.6 Å². The highest BCUT2D eigenvalue weighted by atomic mass is 15.3. The monoisotopic (exact) mass is 306 g/mol. The normalized spacial score (nSPS) is 20.4. The fourth-order valence-corrected chi connectivity index (χ4v) is 2.75. The molecule has 1 fully saturated rings. The predicted octanol–water partition coefficient (Wildman–Crippen LogP) is 1.76. The van der Waals surface area contributed by atoms with Gasteiger partial charge >= 0.3 is 0 Å². The molecule has 0 saturated carbocycles. The predicted molar refractivity (Wildman–Crippen MR) is 92.9 cm³/mol. The van der Waals surface area contributed by atoms with E-state index in [-0.39, 0.29) is 11.4 Å². The smallest absolute Gasteiger partial charge is 0.223 e. The third-order valence-corrected chi connectivity index (χ3v) is 4.42. The zero-order valence-corrected chi connectivity index (χ0v) is 14.6. The van der Waals surface area contributed by atoms with Crippen LogP contribution in [0.3, 0.4) is 0 Å². The maximum absolute atomic E-state index is 6.15. The van der Waals surface area contributed by atoms with Crippen molar-refractivity contribution in [1.82, 2.24) is 14.9 Å². The minimum atomic E-state index is 0.250. The van der Waals surface area contributed by atoms with Crippen LogP contribution in [0.4, 0.5) is 17.6 Å². The average molecular weight is 306 g/mol. The lowest BCUT2D eigenvalue weighted by molar-refractivity contribution is 0.233. The molecule has 124 valence electrons. The number of nitrogens with zero attached hydrogens (tertiary/aromatic N) is 4.